The second kappa shape index (κ2) is 22.2. The zero-order valence-corrected chi connectivity index (χ0v) is 25.6. The Balaban J connectivity index is 4.40. The predicted molar refractivity (Wildman–Crippen MR) is 157 cm³/mol. The van der Waals surface area contributed by atoms with Crippen LogP contribution in [0.2, 0.25) is 0 Å². The van der Waals surface area contributed by atoms with E-state index in [1.165, 1.54) is 64.2 Å². The molecule has 0 aromatic heterocycles. The fourth-order valence-corrected chi connectivity index (χ4v) is 4.50. The van der Waals surface area contributed by atoms with Gasteiger partial charge in [-0.15, -0.1) is 0 Å². The van der Waals surface area contributed by atoms with Gasteiger partial charge in [0.2, 0.25) is 0 Å². The number of aliphatic hydroxyl groups is 1. The third-order valence-corrected chi connectivity index (χ3v) is 6.71. The molecule has 7 heteroatoms. The third-order valence-electron chi connectivity index (χ3n) is 6.35. The lowest BCUT2D eigenvalue weighted by molar-refractivity contribution is -0.162. The van der Waals surface area contributed by atoms with Gasteiger partial charge in [-0.05, 0) is 33.6 Å². The molecule has 0 unspecified atom stereocenters. The van der Waals surface area contributed by atoms with Crippen LogP contribution < -0.4 is 5.32 Å². The summed E-state index contributed by atoms with van der Waals surface area (Å²) in [6, 6.07) is -0.841. The zero-order chi connectivity index (χ0) is 28.0. The lowest BCUT2D eigenvalue weighted by Gasteiger charge is -2.33. The minimum absolute atomic E-state index is 0.0285. The number of thiol groups is 1. The quantitative estimate of drug-likeness (QED) is 0.0488. The Kier molecular flexibility index (Phi) is 21.8. The average molecular weight is 546 g/mol. The maximum Gasteiger partial charge on any atom is 0.324 e. The van der Waals surface area contributed by atoms with Crippen molar-refractivity contribution in [1.29, 1.82) is 0 Å². The summed E-state index contributed by atoms with van der Waals surface area (Å²) in [4.78, 5) is 25.3. The van der Waals surface area contributed by atoms with Crippen molar-refractivity contribution in [3.63, 3.8) is 0 Å². The van der Waals surface area contributed by atoms with Crippen LogP contribution in [0, 0.1) is 0 Å². The predicted octanol–water partition coefficient (Wildman–Crippen LogP) is 7.16. The van der Waals surface area contributed by atoms with Crippen LogP contribution in [0.1, 0.15) is 144 Å². The van der Waals surface area contributed by atoms with E-state index in [0.717, 1.165) is 32.1 Å². The number of Topliss-reactive ketones (excluding diaryl/α,β-unsaturated/α-hetero) is 1. The molecule has 0 spiro atoms. The summed E-state index contributed by atoms with van der Waals surface area (Å²) in [6.07, 6.45) is 18.5. The van der Waals surface area contributed by atoms with Crippen molar-refractivity contribution < 1.29 is 24.2 Å². The second-order valence-corrected chi connectivity index (χ2v) is 11.9. The van der Waals surface area contributed by atoms with Crippen molar-refractivity contribution in [2.75, 3.05) is 19.0 Å². The SMILES string of the molecule is CCCCCCCCCCCCCCCC(=O)C[C@](O)(COCCCC)N[C@@H](CS)C(=O)OC(C)(C)C. The average Bonchev–Trinajstić information content (AvgIpc) is 2.82. The van der Waals surface area contributed by atoms with Crippen molar-refractivity contribution in [2.45, 2.75) is 161 Å². The number of unbranched alkanes of at least 4 members (excludes halogenated alkanes) is 13. The van der Waals surface area contributed by atoms with E-state index in [4.69, 9.17) is 9.47 Å². The topological polar surface area (TPSA) is 84.9 Å². The second-order valence-electron chi connectivity index (χ2n) is 11.6. The van der Waals surface area contributed by atoms with Gasteiger partial charge in [0.05, 0.1) is 13.0 Å². The molecule has 2 N–H and O–H groups in total. The van der Waals surface area contributed by atoms with Gasteiger partial charge >= 0.3 is 5.97 Å². The molecule has 0 radical (unpaired) electrons. The molecule has 220 valence electrons. The van der Waals surface area contributed by atoms with Gasteiger partial charge in [0, 0.05) is 18.8 Å². The molecule has 0 saturated carbocycles. The largest absolute Gasteiger partial charge is 0.459 e. The van der Waals surface area contributed by atoms with Gasteiger partial charge in [-0.2, -0.15) is 12.6 Å². The monoisotopic (exact) mass is 545 g/mol. The fourth-order valence-electron chi connectivity index (χ4n) is 4.26. The number of hydrogen-bond donors (Lipinski definition) is 3. The molecule has 0 saturated heterocycles. The molecule has 6 nitrogen and oxygen atoms in total. The van der Waals surface area contributed by atoms with Crippen LogP contribution in [0.25, 0.3) is 0 Å². The van der Waals surface area contributed by atoms with E-state index < -0.39 is 23.3 Å². The van der Waals surface area contributed by atoms with E-state index in [-0.39, 0.29) is 24.6 Å². The summed E-state index contributed by atoms with van der Waals surface area (Å²) in [5.41, 5.74) is -2.29. The van der Waals surface area contributed by atoms with Gasteiger partial charge in [-0.25, -0.2) is 0 Å². The maximum atomic E-state index is 12.7. The first kappa shape index (κ1) is 36.4. The number of rotatable bonds is 25. The molecule has 0 aromatic rings. The van der Waals surface area contributed by atoms with Crippen molar-refractivity contribution in [2.24, 2.45) is 0 Å². The molecule has 0 rings (SSSR count). The molecule has 0 aromatic carbocycles. The Morgan fingerprint density at radius 3 is 1.76 bits per heavy atom. The minimum Gasteiger partial charge on any atom is -0.459 e. The molecular formula is C30H59NO5S. The van der Waals surface area contributed by atoms with Gasteiger partial charge in [0.1, 0.15) is 23.2 Å². The van der Waals surface area contributed by atoms with Gasteiger partial charge in [0.25, 0.3) is 0 Å². The van der Waals surface area contributed by atoms with E-state index in [0.29, 0.717) is 13.0 Å². The molecule has 37 heavy (non-hydrogen) atoms. The van der Waals surface area contributed by atoms with Gasteiger partial charge < -0.3 is 14.6 Å². The third kappa shape index (κ3) is 21.9. The number of ether oxygens (including phenoxy) is 2. The highest BCUT2D eigenvalue weighted by Gasteiger charge is 2.36. The standard InChI is InChI=1S/C30H59NO5S/c1-6-8-10-11-12-13-14-15-16-17-18-19-20-21-26(32)23-30(34,25-35-22-9-7-2)31-27(24-37)28(33)36-29(3,4)5/h27,31,34,37H,6-25H2,1-5H3/t27-,30-/m0/s1. The fraction of sp³-hybridized carbons (Fsp3) is 0.933. The number of ketones is 1. The molecule has 0 heterocycles. The van der Waals surface area contributed by atoms with Crippen LogP contribution in [-0.4, -0.2) is 53.2 Å². The van der Waals surface area contributed by atoms with E-state index in [9.17, 15) is 14.7 Å². The molecule has 0 aliphatic carbocycles. The van der Waals surface area contributed by atoms with E-state index >= 15 is 0 Å². The van der Waals surface area contributed by atoms with E-state index in [2.05, 4.69) is 31.8 Å². The van der Waals surface area contributed by atoms with Crippen LogP contribution >= 0.6 is 12.6 Å². The normalized spacial score (nSPS) is 14.4. The number of esters is 1. The van der Waals surface area contributed by atoms with Crippen LogP contribution in [-0.2, 0) is 19.1 Å². The highest BCUT2D eigenvalue weighted by molar-refractivity contribution is 7.80. The highest BCUT2D eigenvalue weighted by Crippen LogP contribution is 2.17. The molecule has 0 fully saturated rings. The van der Waals surface area contributed by atoms with E-state index in [1.807, 2.05) is 0 Å². The first-order valence-corrected chi connectivity index (χ1v) is 15.6. The van der Waals surface area contributed by atoms with Crippen molar-refractivity contribution in [3.8, 4) is 0 Å². The van der Waals surface area contributed by atoms with Crippen molar-refractivity contribution in [3.05, 3.63) is 0 Å². The minimum atomic E-state index is -1.63. The van der Waals surface area contributed by atoms with Gasteiger partial charge in [0.15, 0.2) is 0 Å². The summed E-state index contributed by atoms with van der Waals surface area (Å²) in [7, 11) is 0. The summed E-state index contributed by atoms with van der Waals surface area (Å²) >= 11 is 4.26. The molecule has 0 aliphatic rings. The Labute approximate surface area is 233 Å². The van der Waals surface area contributed by atoms with Crippen LogP contribution in [0.5, 0.6) is 0 Å². The molecule has 2 atom stereocenters. The highest BCUT2D eigenvalue weighted by atomic mass is 32.1. The van der Waals surface area contributed by atoms with Gasteiger partial charge in [-0.3, -0.25) is 14.9 Å². The first-order chi connectivity index (χ1) is 17.6. The van der Waals surface area contributed by atoms with Crippen molar-refractivity contribution >= 4 is 24.4 Å². The Morgan fingerprint density at radius 1 is 0.811 bits per heavy atom. The molecule has 0 aliphatic heterocycles. The smallest absolute Gasteiger partial charge is 0.324 e. The number of carbonyl (C=O) groups excluding carboxylic acids is 2. The molecule has 0 amide bonds. The van der Waals surface area contributed by atoms with Gasteiger partial charge in [-0.1, -0.05) is 97.3 Å². The zero-order valence-electron chi connectivity index (χ0n) is 24.7. The Hall–Kier alpha value is -0.630. The lowest BCUT2D eigenvalue weighted by Crippen LogP contribution is -2.58. The van der Waals surface area contributed by atoms with E-state index in [1.54, 1.807) is 20.8 Å². The molecule has 0 bridgehead atoms. The maximum absolute atomic E-state index is 12.7. The Bertz CT molecular complexity index is 581. The number of carbonyl (C=O) groups is 2. The summed E-state index contributed by atoms with van der Waals surface area (Å²) in [6.45, 7) is 10.1. The van der Waals surface area contributed by atoms with Crippen LogP contribution in [0.15, 0.2) is 0 Å². The van der Waals surface area contributed by atoms with Crippen molar-refractivity contribution in [1.82, 2.24) is 5.32 Å². The first-order valence-electron chi connectivity index (χ1n) is 15.0. The lowest BCUT2D eigenvalue weighted by atomic mass is 10.0. The Morgan fingerprint density at radius 2 is 1.30 bits per heavy atom. The summed E-state index contributed by atoms with van der Waals surface area (Å²) in [5.74, 6) is -0.392. The number of hydrogen-bond acceptors (Lipinski definition) is 7. The summed E-state index contributed by atoms with van der Waals surface area (Å²) in [5, 5.41) is 14.2. The molecular weight excluding hydrogens is 486 g/mol. The van der Waals surface area contributed by atoms with Crippen LogP contribution in [0.4, 0.5) is 0 Å². The summed E-state index contributed by atoms with van der Waals surface area (Å²) < 4.78 is 11.1. The number of nitrogens with one attached hydrogen (secondary N) is 1. The van der Waals surface area contributed by atoms with Crippen LogP contribution in [0.3, 0.4) is 0 Å².